The summed E-state index contributed by atoms with van der Waals surface area (Å²) in [6.45, 7) is 0. The first-order valence-electron chi connectivity index (χ1n) is 7.82. The molecule has 2 atom stereocenters. The Morgan fingerprint density at radius 3 is 2.69 bits per heavy atom. The summed E-state index contributed by atoms with van der Waals surface area (Å²) in [5.74, 6) is -0.272. The highest BCUT2D eigenvalue weighted by Gasteiger charge is 2.40. The molecule has 7 heteroatoms. The van der Waals surface area contributed by atoms with Gasteiger partial charge in [-0.3, -0.25) is 0 Å². The van der Waals surface area contributed by atoms with Crippen LogP contribution in [-0.4, -0.2) is 11.3 Å². The molecule has 0 fully saturated rings. The van der Waals surface area contributed by atoms with Gasteiger partial charge in [-0.25, -0.2) is 0 Å². The first kappa shape index (κ1) is 16.8. The van der Waals surface area contributed by atoms with E-state index in [1.165, 1.54) is 0 Å². The predicted molar refractivity (Wildman–Crippen MR) is 100 cm³/mol. The lowest BCUT2D eigenvalue weighted by molar-refractivity contribution is 0.221. The molecular formula is C19H13Cl2N3O2. The number of hydrogen-bond acceptors (Lipinski definition) is 5. The summed E-state index contributed by atoms with van der Waals surface area (Å²) in [5, 5.41) is 24.1. The fourth-order valence-electron chi connectivity index (χ4n) is 3.36. The molecule has 2 heterocycles. The van der Waals surface area contributed by atoms with E-state index in [0.717, 1.165) is 5.56 Å². The van der Waals surface area contributed by atoms with Crippen LogP contribution in [-0.2, 0) is 4.74 Å². The summed E-state index contributed by atoms with van der Waals surface area (Å²) in [7, 11) is 0. The van der Waals surface area contributed by atoms with E-state index in [9.17, 15) is 10.4 Å². The van der Waals surface area contributed by atoms with Crippen LogP contribution < -0.4 is 11.1 Å². The van der Waals surface area contributed by atoms with Gasteiger partial charge in [-0.1, -0.05) is 47.5 Å². The van der Waals surface area contributed by atoms with Crippen LogP contribution in [0.2, 0.25) is 10.0 Å². The number of anilines is 1. The third kappa shape index (κ3) is 2.43. The fourth-order valence-corrected chi connectivity index (χ4v) is 3.78. The van der Waals surface area contributed by atoms with Crippen molar-refractivity contribution in [3.63, 3.8) is 0 Å². The van der Waals surface area contributed by atoms with E-state index in [1.54, 1.807) is 18.2 Å². The normalized spacial score (nSPS) is 21.3. The molecule has 0 bridgehead atoms. The molecule has 5 nitrogen and oxygen atoms in total. The van der Waals surface area contributed by atoms with Gasteiger partial charge in [-0.15, -0.1) is 0 Å². The number of ether oxygens (including phenoxy) is 1. The van der Waals surface area contributed by atoms with Crippen LogP contribution in [0.1, 0.15) is 17.0 Å². The second-order valence-corrected chi connectivity index (χ2v) is 6.73. The van der Waals surface area contributed by atoms with Gasteiger partial charge in [-0.05, 0) is 23.8 Å². The largest absolute Gasteiger partial charge is 0.440 e. The van der Waals surface area contributed by atoms with E-state index < -0.39 is 12.1 Å². The van der Waals surface area contributed by atoms with E-state index in [1.807, 2.05) is 24.3 Å². The van der Waals surface area contributed by atoms with Crippen molar-refractivity contribution in [3.05, 3.63) is 80.7 Å². The van der Waals surface area contributed by atoms with Crippen LogP contribution in [0.25, 0.3) is 5.76 Å². The molecule has 130 valence electrons. The minimum atomic E-state index is -1.07. The van der Waals surface area contributed by atoms with Crippen LogP contribution in [0.4, 0.5) is 5.69 Å². The van der Waals surface area contributed by atoms with Gasteiger partial charge in [0.05, 0.1) is 16.0 Å². The zero-order chi connectivity index (χ0) is 18.4. The van der Waals surface area contributed by atoms with Gasteiger partial charge < -0.3 is 20.9 Å². The minimum absolute atomic E-state index is 0.0174. The number of nitrogens with two attached hydrogens (primary N) is 1. The van der Waals surface area contributed by atoms with Gasteiger partial charge in [0, 0.05) is 16.8 Å². The summed E-state index contributed by atoms with van der Waals surface area (Å²) in [6.07, 6.45) is -1.07. The molecule has 0 radical (unpaired) electrons. The predicted octanol–water partition coefficient (Wildman–Crippen LogP) is 3.96. The molecule has 4 rings (SSSR count). The number of aliphatic hydroxyl groups is 1. The molecule has 26 heavy (non-hydrogen) atoms. The lowest BCUT2D eigenvalue weighted by Gasteiger charge is -2.36. The van der Waals surface area contributed by atoms with E-state index in [4.69, 9.17) is 33.7 Å². The number of allylic oxidation sites excluding steroid dienone is 1. The minimum Gasteiger partial charge on any atom is -0.440 e. The number of nitrogens with one attached hydrogen (secondary N) is 1. The number of benzene rings is 2. The average molecular weight is 386 g/mol. The Kier molecular flexibility index (Phi) is 4.04. The van der Waals surface area contributed by atoms with Crippen molar-refractivity contribution in [2.45, 2.75) is 12.1 Å². The highest BCUT2D eigenvalue weighted by atomic mass is 35.5. The van der Waals surface area contributed by atoms with Crippen LogP contribution in [0.5, 0.6) is 0 Å². The highest BCUT2D eigenvalue weighted by molar-refractivity contribution is 6.42. The Balaban J connectivity index is 2.01. The van der Waals surface area contributed by atoms with Crippen LogP contribution in [0.3, 0.4) is 0 Å². The summed E-state index contributed by atoms with van der Waals surface area (Å²) < 4.78 is 5.75. The Bertz CT molecular complexity index is 1020. The molecule has 0 aliphatic carbocycles. The molecule has 2 aromatic carbocycles. The molecular weight excluding hydrogens is 373 g/mol. The quantitative estimate of drug-likeness (QED) is 0.690. The number of fused-ring (bicyclic) bond motifs is 2. The van der Waals surface area contributed by atoms with Gasteiger partial charge in [0.25, 0.3) is 0 Å². The Labute approximate surface area is 159 Å². The molecule has 2 aliphatic rings. The molecule has 0 saturated heterocycles. The van der Waals surface area contributed by atoms with Crippen molar-refractivity contribution in [3.8, 4) is 6.07 Å². The molecule has 0 amide bonds. The number of nitrogens with zero attached hydrogens (tertiary/aromatic N) is 1. The van der Waals surface area contributed by atoms with E-state index >= 15 is 0 Å². The van der Waals surface area contributed by atoms with Gasteiger partial charge in [0.2, 0.25) is 5.88 Å². The van der Waals surface area contributed by atoms with Gasteiger partial charge in [-0.2, -0.15) is 5.26 Å². The third-order valence-electron chi connectivity index (χ3n) is 4.51. The Hall–Kier alpha value is -2.65. The zero-order valence-corrected chi connectivity index (χ0v) is 14.8. The Morgan fingerprint density at radius 1 is 1.15 bits per heavy atom. The number of para-hydroxylation sites is 1. The number of hydrogen-bond donors (Lipinski definition) is 3. The summed E-state index contributed by atoms with van der Waals surface area (Å²) in [4.78, 5) is 0. The molecule has 2 aromatic rings. The highest BCUT2D eigenvalue weighted by Crippen LogP contribution is 2.49. The van der Waals surface area contributed by atoms with Crippen molar-refractivity contribution in [1.29, 1.82) is 5.26 Å². The van der Waals surface area contributed by atoms with Crippen LogP contribution in [0, 0.1) is 11.3 Å². The maximum atomic E-state index is 10.7. The number of halogens is 2. The molecule has 2 aliphatic heterocycles. The lowest BCUT2D eigenvalue weighted by atomic mass is 9.80. The van der Waals surface area contributed by atoms with Crippen LogP contribution >= 0.6 is 23.2 Å². The van der Waals surface area contributed by atoms with Crippen molar-refractivity contribution in [1.82, 2.24) is 0 Å². The van der Waals surface area contributed by atoms with Crippen molar-refractivity contribution in [2.24, 2.45) is 5.73 Å². The third-order valence-corrected chi connectivity index (χ3v) is 5.34. The van der Waals surface area contributed by atoms with Gasteiger partial charge in [0.15, 0.2) is 6.23 Å². The first-order chi connectivity index (χ1) is 12.5. The number of aliphatic hydroxyl groups excluding tert-OH is 1. The molecule has 0 spiro atoms. The standard InChI is InChI=1S/C19H13Cl2N3O2/c20-12-6-3-5-10(16(12)21)14-11(8-22)18(23)26-17-9-4-1-2-7-13(9)24-19(25)15(14)17/h1-7,14,19,24-25H,23H2/t14-,19+/m1/s1. The second-order valence-electron chi connectivity index (χ2n) is 5.94. The van der Waals surface area contributed by atoms with E-state index in [0.29, 0.717) is 32.6 Å². The van der Waals surface area contributed by atoms with Crippen LogP contribution in [0.15, 0.2) is 59.5 Å². The molecule has 0 unspecified atom stereocenters. The summed E-state index contributed by atoms with van der Waals surface area (Å²) >= 11 is 12.6. The molecule has 0 aromatic heterocycles. The second kappa shape index (κ2) is 6.26. The van der Waals surface area contributed by atoms with Crippen molar-refractivity contribution < 1.29 is 9.84 Å². The number of rotatable bonds is 1. The van der Waals surface area contributed by atoms with Gasteiger partial charge in [0.1, 0.15) is 17.4 Å². The van der Waals surface area contributed by atoms with Gasteiger partial charge >= 0.3 is 0 Å². The molecule has 0 saturated carbocycles. The monoisotopic (exact) mass is 385 g/mol. The summed E-state index contributed by atoms with van der Waals surface area (Å²) in [5.41, 5.74) is 8.72. The smallest absolute Gasteiger partial charge is 0.205 e. The average Bonchev–Trinajstić information content (AvgIpc) is 2.63. The van der Waals surface area contributed by atoms with E-state index in [2.05, 4.69) is 11.4 Å². The fraction of sp³-hybridized carbons (Fsp3) is 0.105. The number of nitriles is 1. The van der Waals surface area contributed by atoms with Crippen molar-refractivity contribution in [2.75, 3.05) is 5.32 Å². The lowest BCUT2D eigenvalue weighted by Crippen LogP contribution is -2.34. The summed E-state index contributed by atoms with van der Waals surface area (Å²) in [6, 6.07) is 14.6. The SMILES string of the molecule is N#CC1=C(N)OC2=C([C@@H]1c1cccc(Cl)c1Cl)[C@H](O)Nc1ccccc12. The maximum absolute atomic E-state index is 10.7. The molecule has 4 N–H and O–H groups in total. The maximum Gasteiger partial charge on any atom is 0.205 e. The zero-order valence-electron chi connectivity index (χ0n) is 13.3. The first-order valence-corrected chi connectivity index (χ1v) is 8.58. The topological polar surface area (TPSA) is 91.3 Å². The Morgan fingerprint density at radius 2 is 1.92 bits per heavy atom. The van der Waals surface area contributed by atoms with E-state index in [-0.39, 0.29) is 11.5 Å². The van der Waals surface area contributed by atoms with Crippen molar-refractivity contribution >= 4 is 34.6 Å².